The van der Waals surface area contributed by atoms with Gasteiger partial charge in [-0.05, 0) is 17.7 Å². The predicted molar refractivity (Wildman–Crippen MR) is 58.5 cm³/mol. The van der Waals surface area contributed by atoms with E-state index in [1.165, 1.54) is 0 Å². The van der Waals surface area contributed by atoms with Crippen LogP contribution in [0.1, 0.15) is 5.56 Å². The van der Waals surface area contributed by atoms with E-state index in [4.69, 9.17) is 34.7 Å². The first-order valence-electron chi connectivity index (χ1n) is 3.61. The Balaban J connectivity index is 2.89. The number of nitrogens with two attached hydrogens (primary N) is 2. The van der Waals surface area contributed by atoms with Crippen LogP contribution >= 0.6 is 23.2 Å². The van der Waals surface area contributed by atoms with Crippen molar-refractivity contribution in [1.29, 1.82) is 0 Å². The highest BCUT2D eigenvalue weighted by molar-refractivity contribution is 6.55. The number of anilines is 2. The van der Waals surface area contributed by atoms with Crippen LogP contribution in [0.25, 0.3) is 0 Å². The second-order valence-electron chi connectivity index (χ2n) is 2.47. The number of halogens is 2. The van der Waals surface area contributed by atoms with E-state index in [2.05, 4.69) is 0 Å². The lowest BCUT2D eigenvalue weighted by atomic mass is 10.1. The summed E-state index contributed by atoms with van der Waals surface area (Å²) in [5.74, 6) is 0. The van der Waals surface area contributed by atoms with Gasteiger partial charge in [-0.25, -0.2) is 0 Å². The zero-order chi connectivity index (χ0) is 9.84. The van der Waals surface area contributed by atoms with E-state index in [9.17, 15) is 0 Å². The number of allylic oxidation sites excluding steroid dienone is 1. The molecule has 0 saturated carbocycles. The molecule has 1 radical (unpaired) electrons. The Morgan fingerprint density at radius 1 is 1.23 bits per heavy atom. The van der Waals surface area contributed by atoms with Crippen molar-refractivity contribution in [3.63, 3.8) is 0 Å². The van der Waals surface area contributed by atoms with Gasteiger partial charge in [0.15, 0.2) is 0 Å². The maximum atomic E-state index is 5.70. The summed E-state index contributed by atoms with van der Waals surface area (Å²) in [4.78, 5) is 0. The SMILES string of the molecule is Nc1cccc([CH]C=C(Cl)Cl)c1N. The van der Waals surface area contributed by atoms with Crippen LogP contribution in [0, 0.1) is 6.42 Å². The lowest BCUT2D eigenvalue weighted by Crippen LogP contribution is -1.97. The van der Waals surface area contributed by atoms with Gasteiger partial charge in [-0.15, -0.1) is 0 Å². The van der Waals surface area contributed by atoms with Gasteiger partial charge >= 0.3 is 0 Å². The van der Waals surface area contributed by atoms with Gasteiger partial charge in [0.05, 0.1) is 11.4 Å². The first-order valence-corrected chi connectivity index (χ1v) is 4.37. The lowest BCUT2D eigenvalue weighted by Gasteiger charge is -2.04. The Labute approximate surface area is 87.1 Å². The van der Waals surface area contributed by atoms with Crippen LogP contribution in [0.5, 0.6) is 0 Å². The van der Waals surface area contributed by atoms with E-state index in [0.29, 0.717) is 11.4 Å². The van der Waals surface area contributed by atoms with Gasteiger partial charge in [-0.3, -0.25) is 0 Å². The number of hydrogen-bond acceptors (Lipinski definition) is 2. The summed E-state index contributed by atoms with van der Waals surface area (Å²) >= 11 is 10.9. The maximum absolute atomic E-state index is 5.70. The summed E-state index contributed by atoms with van der Waals surface area (Å²) in [6, 6.07) is 5.38. The number of hydrogen-bond donors (Lipinski definition) is 2. The normalized spacial score (nSPS) is 9.69. The molecule has 69 valence electrons. The third-order valence-electron chi connectivity index (χ3n) is 1.56. The predicted octanol–water partition coefficient (Wildman–Crippen LogP) is 2.72. The number of para-hydroxylation sites is 1. The smallest absolute Gasteiger partial charge is 0.103 e. The van der Waals surface area contributed by atoms with Crippen molar-refractivity contribution < 1.29 is 0 Å². The molecule has 0 amide bonds. The number of benzene rings is 1. The average Bonchev–Trinajstić information content (AvgIpc) is 2.07. The van der Waals surface area contributed by atoms with Gasteiger partial charge in [-0.1, -0.05) is 35.3 Å². The highest BCUT2D eigenvalue weighted by Crippen LogP contribution is 2.22. The molecule has 1 rings (SSSR count). The highest BCUT2D eigenvalue weighted by Gasteiger charge is 2.00. The maximum Gasteiger partial charge on any atom is 0.103 e. The molecule has 0 heterocycles. The van der Waals surface area contributed by atoms with Crippen molar-refractivity contribution >= 4 is 34.6 Å². The molecule has 0 aromatic heterocycles. The minimum atomic E-state index is 0.182. The Morgan fingerprint density at radius 3 is 2.54 bits per heavy atom. The lowest BCUT2D eigenvalue weighted by molar-refractivity contribution is 1.52. The van der Waals surface area contributed by atoms with Crippen molar-refractivity contribution in [3.8, 4) is 0 Å². The molecular formula is C9H9Cl2N2. The zero-order valence-corrected chi connectivity index (χ0v) is 8.31. The molecule has 0 saturated heterocycles. The third-order valence-corrected chi connectivity index (χ3v) is 1.81. The van der Waals surface area contributed by atoms with E-state index in [-0.39, 0.29) is 4.49 Å². The van der Waals surface area contributed by atoms with Gasteiger partial charge in [0.25, 0.3) is 0 Å². The molecule has 0 aliphatic heterocycles. The van der Waals surface area contributed by atoms with Crippen molar-refractivity contribution in [2.75, 3.05) is 11.5 Å². The Morgan fingerprint density at radius 2 is 1.92 bits per heavy atom. The highest BCUT2D eigenvalue weighted by atomic mass is 35.5. The quantitative estimate of drug-likeness (QED) is 0.746. The van der Waals surface area contributed by atoms with Crippen molar-refractivity contribution in [1.82, 2.24) is 0 Å². The molecule has 0 atom stereocenters. The molecule has 1 aromatic carbocycles. The van der Waals surface area contributed by atoms with E-state index >= 15 is 0 Å². The minimum absolute atomic E-state index is 0.182. The van der Waals surface area contributed by atoms with Crippen LogP contribution < -0.4 is 11.5 Å². The summed E-state index contributed by atoms with van der Waals surface area (Å²) in [6.07, 6.45) is 3.26. The minimum Gasteiger partial charge on any atom is -0.397 e. The Bertz CT molecular complexity index is 330. The third kappa shape index (κ3) is 2.83. The molecule has 0 unspecified atom stereocenters. The molecule has 4 heteroatoms. The molecule has 0 bridgehead atoms. The Hall–Kier alpha value is -0.860. The van der Waals surface area contributed by atoms with Gasteiger partial charge < -0.3 is 11.5 Å². The first-order chi connectivity index (χ1) is 6.11. The summed E-state index contributed by atoms with van der Waals surface area (Å²) in [5.41, 5.74) is 13.2. The van der Waals surface area contributed by atoms with Crippen molar-refractivity contribution in [2.24, 2.45) is 0 Å². The van der Waals surface area contributed by atoms with Crippen LogP contribution in [0.2, 0.25) is 0 Å². The standard InChI is InChI=1S/C9H9Cl2N2/c10-8(11)5-4-6-2-1-3-7(12)9(6)13/h1-5H,12-13H2. The van der Waals surface area contributed by atoms with Crippen molar-refractivity contribution in [3.05, 3.63) is 40.8 Å². The van der Waals surface area contributed by atoms with Crippen LogP contribution in [0.4, 0.5) is 11.4 Å². The fourth-order valence-corrected chi connectivity index (χ4v) is 1.03. The first kappa shape index (κ1) is 10.2. The van der Waals surface area contributed by atoms with Crippen LogP contribution in [-0.4, -0.2) is 0 Å². The fraction of sp³-hybridized carbons (Fsp3) is 0. The van der Waals surface area contributed by atoms with E-state index in [0.717, 1.165) is 5.56 Å². The monoisotopic (exact) mass is 215 g/mol. The van der Waals surface area contributed by atoms with Gasteiger partial charge in [0.2, 0.25) is 0 Å². The second-order valence-corrected chi connectivity index (χ2v) is 3.48. The molecule has 0 spiro atoms. The molecular weight excluding hydrogens is 207 g/mol. The molecule has 4 N–H and O–H groups in total. The van der Waals surface area contributed by atoms with Crippen molar-refractivity contribution in [2.45, 2.75) is 0 Å². The molecule has 13 heavy (non-hydrogen) atoms. The van der Waals surface area contributed by atoms with E-state index in [1.807, 2.05) is 12.1 Å². The van der Waals surface area contributed by atoms with Crippen LogP contribution in [0.3, 0.4) is 0 Å². The molecule has 0 aliphatic rings. The summed E-state index contributed by atoms with van der Waals surface area (Å²) < 4.78 is 0.182. The average molecular weight is 216 g/mol. The van der Waals surface area contributed by atoms with Gasteiger partial charge in [0.1, 0.15) is 4.49 Å². The molecule has 2 nitrogen and oxygen atoms in total. The van der Waals surface area contributed by atoms with Gasteiger partial charge in [0, 0.05) is 6.42 Å². The summed E-state index contributed by atoms with van der Waals surface area (Å²) in [7, 11) is 0. The van der Waals surface area contributed by atoms with E-state index in [1.54, 1.807) is 18.6 Å². The van der Waals surface area contributed by atoms with Crippen LogP contribution in [-0.2, 0) is 0 Å². The largest absolute Gasteiger partial charge is 0.397 e. The summed E-state index contributed by atoms with van der Waals surface area (Å²) in [6.45, 7) is 0. The fourth-order valence-electron chi connectivity index (χ4n) is 0.900. The number of rotatable bonds is 2. The molecule has 0 fully saturated rings. The zero-order valence-electron chi connectivity index (χ0n) is 6.80. The summed E-state index contributed by atoms with van der Waals surface area (Å²) in [5, 5.41) is 0. The Kier molecular flexibility index (Phi) is 3.46. The van der Waals surface area contributed by atoms with Crippen LogP contribution in [0.15, 0.2) is 28.8 Å². The number of nitrogen functional groups attached to an aromatic ring is 2. The van der Waals surface area contributed by atoms with E-state index < -0.39 is 0 Å². The van der Waals surface area contributed by atoms with Gasteiger partial charge in [-0.2, -0.15) is 0 Å². The topological polar surface area (TPSA) is 52.0 Å². The molecule has 1 aromatic rings. The second kappa shape index (κ2) is 4.40. The molecule has 0 aliphatic carbocycles.